The minimum atomic E-state index is -0.612. The highest BCUT2D eigenvalue weighted by Crippen LogP contribution is 2.27. The smallest absolute Gasteiger partial charge is 0.222 e. The van der Waals surface area contributed by atoms with Crippen molar-refractivity contribution in [3.8, 4) is 5.75 Å². The van der Waals surface area contributed by atoms with Gasteiger partial charge in [-0.2, -0.15) is 4.99 Å². The van der Waals surface area contributed by atoms with Gasteiger partial charge in [0.1, 0.15) is 11.6 Å². The fourth-order valence-electron chi connectivity index (χ4n) is 3.31. The van der Waals surface area contributed by atoms with Crippen LogP contribution in [0.5, 0.6) is 5.75 Å². The summed E-state index contributed by atoms with van der Waals surface area (Å²) in [5, 5.41) is 3.25. The molecule has 2 heterocycles. The number of benzene rings is 2. The zero-order chi connectivity index (χ0) is 20.2. The first-order valence-electron chi connectivity index (χ1n) is 9.34. The molecule has 2 aliphatic heterocycles. The lowest BCUT2D eigenvalue weighted by Crippen LogP contribution is -2.57. The van der Waals surface area contributed by atoms with Crippen LogP contribution < -0.4 is 20.7 Å². The summed E-state index contributed by atoms with van der Waals surface area (Å²) in [6.45, 7) is 2.56. The molecule has 0 aliphatic carbocycles. The van der Waals surface area contributed by atoms with Crippen molar-refractivity contribution in [2.45, 2.75) is 6.29 Å². The average Bonchev–Trinajstić information content (AvgIpc) is 2.74. The molecule has 0 saturated carbocycles. The summed E-state index contributed by atoms with van der Waals surface area (Å²) in [5.74, 6) is 1.18. The Bertz CT molecular complexity index is 935. The molecule has 0 amide bonds. The topological polar surface area (TPSA) is 87.7 Å². The molecule has 2 aromatic carbocycles. The minimum absolute atomic E-state index is 0. The summed E-state index contributed by atoms with van der Waals surface area (Å²) in [7, 11) is 1.62. The quantitative estimate of drug-likeness (QED) is 0.768. The normalized spacial score (nSPS) is 18.8. The van der Waals surface area contributed by atoms with Crippen LogP contribution in [0.4, 0.5) is 15.8 Å². The SMILES string of the molecule is COc1cccc(N2C(N3CCOCC3)=NC(N)=NC2Nc2cccc(F)c2)c1.Cl. The lowest BCUT2D eigenvalue weighted by atomic mass is 10.2. The van der Waals surface area contributed by atoms with E-state index in [0.717, 1.165) is 5.69 Å². The molecule has 2 aromatic rings. The van der Waals surface area contributed by atoms with Gasteiger partial charge in [0.05, 0.1) is 26.0 Å². The molecule has 0 spiro atoms. The summed E-state index contributed by atoms with van der Waals surface area (Å²) in [5.41, 5.74) is 7.45. The average molecular weight is 435 g/mol. The van der Waals surface area contributed by atoms with Crippen molar-refractivity contribution >= 4 is 35.7 Å². The van der Waals surface area contributed by atoms with Crippen molar-refractivity contribution in [1.29, 1.82) is 0 Å². The van der Waals surface area contributed by atoms with Crippen LogP contribution in [0, 0.1) is 5.82 Å². The summed E-state index contributed by atoms with van der Waals surface area (Å²) in [4.78, 5) is 13.0. The van der Waals surface area contributed by atoms with Gasteiger partial charge in [-0.25, -0.2) is 9.38 Å². The van der Waals surface area contributed by atoms with Crippen LogP contribution in [0.25, 0.3) is 0 Å². The first-order valence-corrected chi connectivity index (χ1v) is 9.34. The summed E-state index contributed by atoms with van der Waals surface area (Å²) in [6, 6.07) is 13.8. The maximum atomic E-state index is 13.7. The van der Waals surface area contributed by atoms with Crippen LogP contribution in [0.3, 0.4) is 0 Å². The number of methoxy groups -OCH3 is 1. The molecule has 1 saturated heterocycles. The molecule has 30 heavy (non-hydrogen) atoms. The maximum Gasteiger partial charge on any atom is 0.222 e. The zero-order valence-corrected chi connectivity index (χ0v) is 17.3. The van der Waals surface area contributed by atoms with Gasteiger partial charge in [-0.05, 0) is 30.3 Å². The predicted molar refractivity (Wildman–Crippen MR) is 118 cm³/mol. The molecule has 4 rings (SSSR count). The van der Waals surface area contributed by atoms with Gasteiger partial charge >= 0.3 is 0 Å². The van der Waals surface area contributed by atoms with E-state index in [1.165, 1.54) is 12.1 Å². The number of nitrogens with zero attached hydrogens (tertiary/aromatic N) is 4. The number of morpholine rings is 1. The van der Waals surface area contributed by atoms with Crippen LogP contribution in [0.1, 0.15) is 0 Å². The summed E-state index contributed by atoms with van der Waals surface area (Å²) in [6.07, 6.45) is -0.612. The number of hydrogen-bond donors (Lipinski definition) is 2. The van der Waals surface area contributed by atoms with Crippen LogP contribution in [0.15, 0.2) is 58.5 Å². The lowest BCUT2D eigenvalue weighted by Gasteiger charge is -2.41. The number of rotatable bonds is 4. The summed E-state index contributed by atoms with van der Waals surface area (Å²) >= 11 is 0. The van der Waals surface area contributed by atoms with Gasteiger partial charge in [-0.3, -0.25) is 4.90 Å². The molecule has 0 aromatic heterocycles. The van der Waals surface area contributed by atoms with Gasteiger partial charge in [0.2, 0.25) is 18.2 Å². The predicted octanol–water partition coefficient (Wildman–Crippen LogP) is 2.47. The summed E-state index contributed by atoms with van der Waals surface area (Å²) < 4.78 is 24.6. The Morgan fingerprint density at radius 3 is 2.67 bits per heavy atom. The second-order valence-electron chi connectivity index (χ2n) is 6.60. The van der Waals surface area contributed by atoms with Crippen molar-refractivity contribution < 1.29 is 13.9 Å². The number of nitrogens with two attached hydrogens (primary N) is 1. The van der Waals surface area contributed by atoms with Gasteiger partial charge in [0.25, 0.3) is 0 Å². The first-order chi connectivity index (χ1) is 14.1. The number of halogens is 2. The number of anilines is 2. The minimum Gasteiger partial charge on any atom is -0.497 e. The third kappa shape index (κ3) is 4.74. The third-order valence-corrected chi connectivity index (χ3v) is 4.67. The van der Waals surface area contributed by atoms with Crippen molar-refractivity contribution in [3.63, 3.8) is 0 Å². The van der Waals surface area contributed by atoms with Crippen LogP contribution in [-0.2, 0) is 4.74 Å². The van der Waals surface area contributed by atoms with Gasteiger partial charge in [-0.1, -0.05) is 12.1 Å². The van der Waals surface area contributed by atoms with Crippen molar-refractivity contribution in [2.75, 3.05) is 43.6 Å². The van der Waals surface area contributed by atoms with Crippen LogP contribution >= 0.6 is 12.4 Å². The molecule has 1 atom stereocenters. The highest BCUT2D eigenvalue weighted by molar-refractivity contribution is 6.06. The van der Waals surface area contributed by atoms with Gasteiger partial charge < -0.3 is 25.4 Å². The maximum absolute atomic E-state index is 13.7. The molecule has 1 fully saturated rings. The Balaban J connectivity index is 0.00000256. The van der Waals surface area contributed by atoms with E-state index in [1.807, 2.05) is 29.2 Å². The second-order valence-corrected chi connectivity index (χ2v) is 6.60. The molecule has 160 valence electrons. The standard InChI is InChI=1S/C20H23FN6O2.ClH/c1-28-17-7-3-6-16(13-17)27-19(23-15-5-2-4-14(21)12-15)24-18(22)25-20(27)26-8-10-29-11-9-26;/h2-7,12-13,19,23H,8-11H2,1H3,(H2,22,24);1H. The molecule has 2 aliphatic rings. The van der Waals surface area contributed by atoms with Gasteiger partial charge in [-0.15, -0.1) is 12.4 Å². The zero-order valence-electron chi connectivity index (χ0n) is 16.5. The molecule has 0 bridgehead atoms. The van der Waals surface area contributed by atoms with Gasteiger partial charge in [0.15, 0.2) is 0 Å². The fraction of sp³-hybridized carbons (Fsp3) is 0.300. The van der Waals surface area contributed by atoms with Crippen LogP contribution in [-0.4, -0.2) is 56.5 Å². The number of ether oxygens (including phenoxy) is 2. The van der Waals surface area contributed by atoms with E-state index in [9.17, 15) is 4.39 Å². The van der Waals surface area contributed by atoms with Gasteiger partial charge in [0, 0.05) is 24.8 Å². The van der Waals surface area contributed by atoms with E-state index in [1.54, 1.807) is 19.2 Å². The van der Waals surface area contributed by atoms with E-state index in [4.69, 9.17) is 15.2 Å². The van der Waals surface area contributed by atoms with E-state index < -0.39 is 6.29 Å². The Hall–Kier alpha value is -3.04. The number of nitrogens with one attached hydrogen (secondary N) is 1. The first kappa shape index (κ1) is 21.7. The van der Waals surface area contributed by atoms with E-state index in [-0.39, 0.29) is 24.2 Å². The molecule has 8 nitrogen and oxygen atoms in total. The fourth-order valence-corrected chi connectivity index (χ4v) is 3.31. The molecular formula is C20H24ClFN6O2. The Kier molecular flexibility index (Phi) is 6.96. The highest BCUT2D eigenvalue weighted by Gasteiger charge is 2.32. The van der Waals surface area contributed by atoms with E-state index in [0.29, 0.717) is 43.7 Å². The van der Waals surface area contributed by atoms with Crippen molar-refractivity contribution in [2.24, 2.45) is 15.7 Å². The Labute approximate surface area is 180 Å². The Morgan fingerprint density at radius 1 is 1.17 bits per heavy atom. The monoisotopic (exact) mass is 434 g/mol. The largest absolute Gasteiger partial charge is 0.497 e. The van der Waals surface area contributed by atoms with Crippen molar-refractivity contribution in [3.05, 3.63) is 54.3 Å². The molecule has 1 unspecified atom stereocenters. The molecular weight excluding hydrogens is 411 g/mol. The van der Waals surface area contributed by atoms with E-state index in [2.05, 4.69) is 20.2 Å². The second kappa shape index (κ2) is 9.64. The third-order valence-electron chi connectivity index (χ3n) is 4.67. The number of hydrogen-bond acceptors (Lipinski definition) is 8. The highest BCUT2D eigenvalue weighted by atomic mass is 35.5. The molecule has 3 N–H and O–H groups in total. The van der Waals surface area contributed by atoms with Crippen LogP contribution in [0.2, 0.25) is 0 Å². The van der Waals surface area contributed by atoms with E-state index >= 15 is 0 Å². The molecule has 10 heteroatoms. The lowest BCUT2D eigenvalue weighted by molar-refractivity contribution is 0.0671. The Morgan fingerprint density at radius 2 is 1.93 bits per heavy atom. The molecule has 0 radical (unpaired) electrons. The number of guanidine groups is 2. The van der Waals surface area contributed by atoms with Crippen molar-refractivity contribution in [1.82, 2.24) is 4.90 Å². The number of aliphatic imine (C=N–C) groups is 2.